The molecule has 3 aromatic carbocycles. The summed E-state index contributed by atoms with van der Waals surface area (Å²) in [4.78, 5) is 48.7. The third-order valence-corrected chi connectivity index (χ3v) is 6.58. The van der Waals surface area contributed by atoms with Gasteiger partial charge in [0.15, 0.2) is 5.75 Å². The number of halogens is 3. The molecular weight excluding hydrogens is 560 g/mol. The number of anilines is 1. The normalized spacial score (nSPS) is 14.2. The Labute approximate surface area is 229 Å². The van der Waals surface area contributed by atoms with Gasteiger partial charge < -0.3 is 10.1 Å². The van der Waals surface area contributed by atoms with Gasteiger partial charge in [-0.1, -0.05) is 41.4 Å². The summed E-state index contributed by atoms with van der Waals surface area (Å²) in [5.74, 6) is -1.77. The number of amides is 3. The second-order valence-electron chi connectivity index (χ2n) is 7.86. The minimum absolute atomic E-state index is 0.0307. The van der Waals surface area contributed by atoms with E-state index >= 15 is 0 Å². The highest BCUT2D eigenvalue weighted by Crippen LogP contribution is 2.38. The lowest BCUT2D eigenvalue weighted by atomic mass is 10.2. The van der Waals surface area contributed by atoms with Gasteiger partial charge >= 0.3 is 0 Å². The molecule has 4 rings (SSSR count). The van der Waals surface area contributed by atoms with Crippen molar-refractivity contribution in [1.29, 1.82) is 0 Å². The number of ether oxygens (including phenoxy) is 1. The van der Waals surface area contributed by atoms with Crippen molar-refractivity contribution in [2.75, 3.05) is 11.9 Å². The van der Waals surface area contributed by atoms with Gasteiger partial charge in [-0.25, -0.2) is 4.39 Å². The fourth-order valence-electron chi connectivity index (χ4n) is 3.41. The Morgan fingerprint density at radius 1 is 1.11 bits per heavy atom. The summed E-state index contributed by atoms with van der Waals surface area (Å²) >= 11 is 13.3. The summed E-state index contributed by atoms with van der Waals surface area (Å²) in [6.45, 7) is -0.582. The van der Waals surface area contributed by atoms with Gasteiger partial charge in [0, 0.05) is 17.8 Å². The minimum atomic E-state index is -0.687. The van der Waals surface area contributed by atoms with Crippen LogP contribution in [0.25, 0.3) is 6.08 Å². The van der Waals surface area contributed by atoms with Gasteiger partial charge in [0.2, 0.25) is 5.91 Å². The van der Waals surface area contributed by atoms with Crippen LogP contribution in [0.4, 0.5) is 20.6 Å². The minimum Gasteiger partial charge on any atom is -0.486 e. The van der Waals surface area contributed by atoms with Gasteiger partial charge in [-0.05, 0) is 59.3 Å². The standard InChI is InChI=1S/C25H16Cl2FN3O6S/c26-19-8-15(9-20(27)23(19)37-13-14-3-1-6-18(7-14)31(35)36)10-21-24(33)30(25(34)38-21)12-22(32)29-17-5-2-4-16(28)11-17/h1-11H,12-13H2,(H,29,32)/b21-10+. The van der Waals surface area contributed by atoms with E-state index in [2.05, 4.69) is 5.32 Å². The summed E-state index contributed by atoms with van der Waals surface area (Å²) in [7, 11) is 0. The van der Waals surface area contributed by atoms with Crippen molar-refractivity contribution in [3.05, 3.63) is 103 Å². The number of nitrogens with zero attached hydrogens (tertiary/aromatic N) is 2. The molecule has 0 aromatic heterocycles. The Balaban J connectivity index is 1.44. The summed E-state index contributed by atoms with van der Waals surface area (Å²) in [6.07, 6.45) is 1.40. The number of nitrogens with one attached hydrogen (secondary N) is 1. The number of non-ortho nitro benzene ring substituents is 1. The molecule has 13 heteroatoms. The largest absolute Gasteiger partial charge is 0.486 e. The maximum absolute atomic E-state index is 13.3. The summed E-state index contributed by atoms with van der Waals surface area (Å²) in [5, 5.41) is 13.0. The van der Waals surface area contributed by atoms with Crippen LogP contribution in [0, 0.1) is 15.9 Å². The van der Waals surface area contributed by atoms with Crippen LogP contribution in [0.15, 0.2) is 65.6 Å². The molecule has 0 unspecified atom stereocenters. The van der Waals surface area contributed by atoms with Crippen LogP contribution in [0.5, 0.6) is 5.75 Å². The lowest BCUT2D eigenvalue weighted by molar-refractivity contribution is -0.384. The Morgan fingerprint density at radius 3 is 2.50 bits per heavy atom. The number of hydrogen-bond acceptors (Lipinski definition) is 7. The van der Waals surface area contributed by atoms with Crippen molar-refractivity contribution < 1.29 is 28.4 Å². The smallest absolute Gasteiger partial charge is 0.294 e. The molecule has 1 saturated heterocycles. The lowest BCUT2D eigenvalue weighted by Gasteiger charge is -2.12. The molecule has 3 amide bonds. The number of benzene rings is 3. The maximum atomic E-state index is 13.3. The summed E-state index contributed by atoms with van der Waals surface area (Å²) in [6, 6.07) is 14.1. The molecule has 1 fully saturated rings. The van der Waals surface area contributed by atoms with Gasteiger partial charge in [-0.15, -0.1) is 0 Å². The molecule has 1 aliphatic heterocycles. The number of thioether (sulfide) groups is 1. The molecule has 0 saturated carbocycles. The lowest BCUT2D eigenvalue weighted by Crippen LogP contribution is -2.36. The first-order valence-electron chi connectivity index (χ1n) is 10.8. The van der Waals surface area contributed by atoms with Crippen molar-refractivity contribution in [2.24, 2.45) is 0 Å². The Hall–Kier alpha value is -3.93. The molecule has 0 aliphatic carbocycles. The van der Waals surface area contributed by atoms with Crippen molar-refractivity contribution >= 4 is 69.5 Å². The predicted octanol–water partition coefficient (Wildman–Crippen LogP) is 6.29. The Bertz CT molecular complexity index is 1480. The number of carbonyl (C=O) groups excluding carboxylic acids is 3. The molecule has 3 aromatic rings. The molecule has 0 radical (unpaired) electrons. The second kappa shape index (κ2) is 11.6. The number of imide groups is 1. The van der Waals surface area contributed by atoms with E-state index in [0.717, 1.165) is 11.0 Å². The van der Waals surface area contributed by atoms with Crippen LogP contribution in [-0.2, 0) is 16.2 Å². The van der Waals surface area contributed by atoms with Gasteiger partial charge in [-0.3, -0.25) is 29.4 Å². The van der Waals surface area contributed by atoms with E-state index in [-0.39, 0.29) is 38.7 Å². The zero-order chi connectivity index (χ0) is 27.4. The summed E-state index contributed by atoms with van der Waals surface area (Å²) in [5.41, 5.74) is 1.04. The first kappa shape index (κ1) is 27.1. The Kier molecular flexibility index (Phi) is 8.30. The van der Waals surface area contributed by atoms with E-state index < -0.39 is 34.3 Å². The topological polar surface area (TPSA) is 119 Å². The van der Waals surface area contributed by atoms with Crippen LogP contribution in [0.1, 0.15) is 11.1 Å². The fraction of sp³-hybridized carbons (Fsp3) is 0.0800. The SMILES string of the molecule is O=C(CN1C(=O)S/C(=C/c2cc(Cl)c(OCc3cccc([N+](=O)[O-])c3)c(Cl)c2)C1=O)Nc1cccc(F)c1. The zero-order valence-electron chi connectivity index (χ0n) is 19.2. The van der Waals surface area contributed by atoms with E-state index in [1.807, 2.05) is 0 Å². The molecule has 1 N–H and O–H groups in total. The molecule has 194 valence electrons. The molecular formula is C25H16Cl2FN3O6S. The molecule has 0 atom stereocenters. The van der Waals surface area contributed by atoms with Crippen molar-refractivity contribution in [2.45, 2.75) is 6.61 Å². The molecule has 1 heterocycles. The first-order valence-corrected chi connectivity index (χ1v) is 12.3. The fourth-order valence-corrected chi connectivity index (χ4v) is 4.87. The predicted molar refractivity (Wildman–Crippen MR) is 142 cm³/mol. The van der Waals surface area contributed by atoms with Crippen LogP contribution >= 0.6 is 35.0 Å². The number of hydrogen-bond donors (Lipinski definition) is 1. The van der Waals surface area contributed by atoms with E-state index in [0.29, 0.717) is 22.9 Å². The third kappa shape index (κ3) is 6.49. The molecule has 0 spiro atoms. The molecule has 0 bridgehead atoms. The number of rotatable bonds is 8. The maximum Gasteiger partial charge on any atom is 0.294 e. The average molecular weight is 576 g/mol. The van der Waals surface area contributed by atoms with Crippen LogP contribution in [0.3, 0.4) is 0 Å². The van der Waals surface area contributed by atoms with Crippen LogP contribution in [0.2, 0.25) is 10.0 Å². The highest BCUT2D eigenvalue weighted by molar-refractivity contribution is 8.18. The number of nitro groups is 1. The van der Waals surface area contributed by atoms with Crippen molar-refractivity contribution in [3.63, 3.8) is 0 Å². The average Bonchev–Trinajstić information content (AvgIpc) is 3.11. The zero-order valence-corrected chi connectivity index (χ0v) is 21.5. The van der Waals surface area contributed by atoms with Gasteiger partial charge in [-0.2, -0.15) is 0 Å². The van der Waals surface area contributed by atoms with Crippen molar-refractivity contribution in [3.8, 4) is 5.75 Å². The first-order chi connectivity index (χ1) is 18.1. The highest BCUT2D eigenvalue weighted by Gasteiger charge is 2.36. The monoisotopic (exact) mass is 575 g/mol. The van der Waals surface area contributed by atoms with E-state index in [9.17, 15) is 28.9 Å². The molecule has 1 aliphatic rings. The third-order valence-electron chi connectivity index (χ3n) is 5.11. The number of carbonyl (C=O) groups is 3. The molecule has 38 heavy (non-hydrogen) atoms. The Morgan fingerprint density at radius 2 is 1.82 bits per heavy atom. The quantitative estimate of drug-likeness (QED) is 0.190. The van der Waals surface area contributed by atoms with E-state index in [1.165, 1.54) is 54.6 Å². The van der Waals surface area contributed by atoms with Gasteiger partial charge in [0.25, 0.3) is 16.8 Å². The summed E-state index contributed by atoms with van der Waals surface area (Å²) < 4.78 is 19.0. The second-order valence-corrected chi connectivity index (χ2v) is 9.66. The highest BCUT2D eigenvalue weighted by atomic mass is 35.5. The van der Waals surface area contributed by atoms with Crippen molar-refractivity contribution in [1.82, 2.24) is 4.90 Å². The van der Waals surface area contributed by atoms with E-state index in [4.69, 9.17) is 27.9 Å². The van der Waals surface area contributed by atoms with Crippen LogP contribution < -0.4 is 10.1 Å². The van der Waals surface area contributed by atoms with Crippen LogP contribution in [-0.4, -0.2) is 33.4 Å². The van der Waals surface area contributed by atoms with E-state index in [1.54, 1.807) is 6.07 Å². The van der Waals surface area contributed by atoms with Gasteiger partial charge in [0.1, 0.15) is 19.0 Å². The number of nitro benzene ring substituents is 1. The molecule has 9 nitrogen and oxygen atoms in total. The van der Waals surface area contributed by atoms with Gasteiger partial charge in [0.05, 0.1) is 19.9 Å².